The van der Waals surface area contributed by atoms with Gasteiger partial charge in [-0.3, -0.25) is 4.79 Å². The molecule has 9 heteroatoms. The van der Waals surface area contributed by atoms with Gasteiger partial charge < -0.3 is 40.3 Å². The van der Waals surface area contributed by atoms with Crippen molar-refractivity contribution in [3.63, 3.8) is 0 Å². The van der Waals surface area contributed by atoms with Gasteiger partial charge in [0.1, 0.15) is 24.4 Å². The molecule has 9 nitrogen and oxygen atoms in total. The van der Waals surface area contributed by atoms with Crippen LogP contribution in [-0.2, 0) is 14.3 Å². The van der Waals surface area contributed by atoms with E-state index in [2.05, 4.69) is 19.2 Å². The number of carbonyl (C=O) groups excluding carboxylic acids is 1. The van der Waals surface area contributed by atoms with E-state index in [0.29, 0.717) is 12.8 Å². The summed E-state index contributed by atoms with van der Waals surface area (Å²) in [5.74, 6) is -0.137. The average Bonchev–Trinajstić information content (AvgIpc) is 3.27. The Morgan fingerprint density at radius 2 is 0.806 bits per heavy atom. The van der Waals surface area contributed by atoms with E-state index in [-0.39, 0.29) is 12.5 Å². The zero-order valence-electron chi connectivity index (χ0n) is 40.9. The summed E-state index contributed by atoms with van der Waals surface area (Å²) in [6.07, 6.45) is 44.0. The summed E-state index contributed by atoms with van der Waals surface area (Å²) in [6, 6.07) is -0.712. The molecule has 1 amide bonds. The molecule has 7 unspecified atom stereocenters. The highest BCUT2D eigenvalue weighted by atomic mass is 16.7. The molecule has 0 aliphatic carbocycles. The van der Waals surface area contributed by atoms with Crippen molar-refractivity contribution in [1.29, 1.82) is 0 Å². The minimum Gasteiger partial charge on any atom is -0.394 e. The Hall–Kier alpha value is -0.810. The van der Waals surface area contributed by atoms with E-state index in [9.17, 15) is 30.3 Å². The second-order valence-corrected chi connectivity index (χ2v) is 19.4. The third kappa shape index (κ3) is 33.6. The normalized spacial score (nSPS) is 20.1. The maximum Gasteiger partial charge on any atom is 0.220 e. The highest BCUT2D eigenvalue weighted by Gasteiger charge is 2.44. The summed E-state index contributed by atoms with van der Waals surface area (Å²) in [6.45, 7) is 3.88. The van der Waals surface area contributed by atoms with E-state index in [1.807, 2.05) is 0 Å². The molecular weight excluding hydrogens is 779 g/mol. The van der Waals surface area contributed by atoms with Gasteiger partial charge in [0.15, 0.2) is 6.29 Å². The fourth-order valence-corrected chi connectivity index (χ4v) is 9.11. The standard InChI is InChI=1S/C53H105NO8/c1-3-5-7-9-11-13-15-17-19-21-23-24-25-26-28-30-32-34-36-38-40-42-47(56)46(45-61-53-52(60)51(59)50(58)48(44-55)62-53)54-49(57)43-41-39-37-35-33-31-29-27-22-20-18-16-14-12-10-8-6-4-2/h46-48,50-53,55-56,58-60H,3-45H2,1-2H3,(H,54,57). The van der Waals surface area contributed by atoms with Crippen LogP contribution in [0.15, 0.2) is 0 Å². The van der Waals surface area contributed by atoms with Gasteiger partial charge in [-0.05, 0) is 12.8 Å². The average molecular weight is 884 g/mol. The fraction of sp³-hybridized carbons (Fsp3) is 0.981. The van der Waals surface area contributed by atoms with Crippen LogP contribution in [0, 0.1) is 0 Å². The van der Waals surface area contributed by atoms with Crippen molar-refractivity contribution >= 4 is 5.91 Å². The molecule has 0 spiro atoms. The van der Waals surface area contributed by atoms with Crippen molar-refractivity contribution < 1.29 is 39.8 Å². The highest BCUT2D eigenvalue weighted by molar-refractivity contribution is 5.76. The summed E-state index contributed by atoms with van der Waals surface area (Å²) in [7, 11) is 0. The van der Waals surface area contributed by atoms with Crippen LogP contribution in [0.25, 0.3) is 0 Å². The van der Waals surface area contributed by atoms with E-state index >= 15 is 0 Å². The number of hydrogen-bond donors (Lipinski definition) is 6. The minimum atomic E-state index is -1.55. The molecule has 6 N–H and O–H groups in total. The van der Waals surface area contributed by atoms with Crippen LogP contribution in [0.2, 0.25) is 0 Å². The molecule has 1 saturated heterocycles. The second kappa shape index (κ2) is 44.0. The Bertz CT molecular complexity index is 939. The Balaban J connectivity index is 2.23. The quantitative estimate of drug-likeness (QED) is 0.0331. The lowest BCUT2D eigenvalue weighted by atomic mass is 9.99. The Morgan fingerprint density at radius 1 is 0.484 bits per heavy atom. The predicted molar refractivity (Wildman–Crippen MR) is 258 cm³/mol. The highest BCUT2D eigenvalue weighted by Crippen LogP contribution is 2.23. The van der Waals surface area contributed by atoms with E-state index in [1.54, 1.807) is 0 Å². The van der Waals surface area contributed by atoms with E-state index in [4.69, 9.17) is 9.47 Å². The molecule has 1 aliphatic heterocycles. The lowest BCUT2D eigenvalue weighted by Gasteiger charge is -2.40. The molecule has 0 aromatic rings. The molecule has 370 valence electrons. The van der Waals surface area contributed by atoms with Crippen molar-refractivity contribution in [2.24, 2.45) is 0 Å². The zero-order chi connectivity index (χ0) is 45.1. The molecule has 0 aromatic heterocycles. The Morgan fingerprint density at radius 3 is 1.15 bits per heavy atom. The first-order valence-corrected chi connectivity index (χ1v) is 27.2. The number of aliphatic hydroxyl groups is 5. The lowest BCUT2D eigenvalue weighted by molar-refractivity contribution is -0.302. The predicted octanol–water partition coefficient (Wildman–Crippen LogP) is 12.7. The molecule has 7 atom stereocenters. The van der Waals surface area contributed by atoms with Crippen LogP contribution in [0.1, 0.15) is 277 Å². The van der Waals surface area contributed by atoms with Gasteiger partial charge in [0.2, 0.25) is 5.91 Å². The zero-order valence-corrected chi connectivity index (χ0v) is 40.9. The summed E-state index contributed by atoms with van der Waals surface area (Å²) in [5, 5.41) is 54.6. The maximum atomic E-state index is 13.0. The first-order chi connectivity index (χ1) is 30.3. The third-order valence-corrected chi connectivity index (χ3v) is 13.5. The minimum absolute atomic E-state index is 0.131. The lowest BCUT2D eigenvalue weighted by Crippen LogP contribution is -2.60. The van der Waals surface area contributed by atoms with Crippen LogP contribution in [0.4, 0.5) is 0 Å². The summed E-state index contributed by atoms with van der Waals surface area (Å²) >= 11 is 0. The molecule has 1 heterocycles. The molecule has 1 aliphatic rings. The topological polar surface area (TPSA) is 149 Å². The molecule has 0 radical (unpaired) electrons. The number of unbranched alkanes of at least 4 members (excludes halogenated alkanes) is 37. The van der Waals surface area contributed by atoms with Gasteiger partial charge in [-0.2, -0.15) is 0 Å². The SMILES string of the molecule is CCCCCCCCCCCCCCCCCCCCCCCC(O)C(COC1OC(CO)C(O)C(O)C1O)NC(=O)CCCCCCCCCCCCCCCCCCCC. The van der Waals surface area contributed by atoms with E-state index in [1.165, 1.54) is 212 Å². The molecule has 0 bridgehead atoms. The fourth-order valence-electron chi connectivity index (χ4n) is 9.11. The molecule has 0 saturated carbocycles. The van der Waals surface area contributed by atoms with Crippen LogP contribution < -0.4 is 5.32 Å². The number of carbonyl (C=O) groups is 1. The van der Waals surface area contributed by atoms with Gasteiger partial charge in [0.25, 0.3) is 0 Å². The van der Waals surface area contributed by atoms with Crippen molar-refractivity contribution in [3.05, 3.63) is 0 Å². The summed E-state index contributed by atoms with van der Waals surface area (Å²) in [4.78, 5) is 13.0. The molecular formula is C53H105NO8. The van der Waals surface area contributed by atoms with Crippen molar-refractivity contribution in [2.75, 3.05) is 13.2 Å². The molecule has 1 fully saturated rings. The maximum absolute atomic E-state index is 13.0. The molecule has 0 aromatic carbocycles. The van der Waals surface area contributed by atoms with Crippen LogP contribution >= 0.6 is 0 Å². The number of rotatable bonds is 47. The smallest absolute Gasteiger partial charge is 0.220 e. The first kappa shape index (κ1) is 59.2. The van der Waals surface area contributed by atoms with Gasteiger partial charge in [0, 0.05) is 6.42 Å². The van der Waals surface area contributed by atoms with Crippen LogP contribution in [0.3, 0.4) is 0 Å². The van der Waals surface area contributed by atoms with Gasteiger partial charge in [-0.25, -0.2) is 0 Å². The Labute approximate surface area is 383 Å². The van der Waals surface area contributed by atoms with E-state index in [0.717, 1.165) is 38.5 Å². The molecule has 62 heavy (non-hydrogen) atoms. The van der Waals surface area contributed by atoms with Crippen molar-refractivity contribution in [2.45, 2.75) is 320 Å². The van der Waals surface area contributed by atoms with Crippen molar-refractivity contribution in [1.82, 2.24) is 5.32 Å². The summed E-state index contributed by atoms with van der Waals surface area (Å²) < 4.78 is 11.3. The number of ether oxygens (including phenoxy) is 2. The van der Waals surface area contributed by atoms with Gasteiger partial charge in [0.05, 0.1) is 25.4 Å². The number of amides is 1. The first-order valence-electron chi connectivity index (χ1n) is 27.2. The van der Waals surface area contributed by atoms with Gasteiger partial charge in [-0.1, -0.05) is 258 Å². The Kier molecular flexibility index (Phi) is 42.1. The van der Waals surface area contributed by atoms with Gasteiger partial charge >= 0.3 is 0 Å². The monoisotopic (exact) mass is 884 g/mol. The number of nitrogens with one attached hydrogen (secondary N) is 1. The molecule has 1 rings (SSSR count). The number of aliphatic hydroxyl groups excluding tert-OH is 5. The third-order valence-electron chi connectivity index (χ3n) is 13.5. The largest absolute Gasteiger partial charge is 0.394 e. The number of hydrogen-bond acceptors (Lipinski definition) is 8. The van der Waals surface area contributed by atoms with Crippen molar-refractivity contribution in [3.8, 4) is 0 Å². The summed E-state index contributed by atoms with van der Waals surface area (Å²) in [5.41, 5.74) is 0. The van der Waals surface area contributed by atoms with Gasteiger partial charge in [-0.15, -0.1) is 0 Å². The van der Waals surface area contributed by atoms with E-state index < -0.39 is 49.5 Å². The second-order valence-electron chi connectivity index (χ2n) is 19.4. The van der Waals surface area contributed by atoms with Crippen LogP contribution in [0.5, 0.6) is 0 Å². The van der Waals surface area contributed by atoms with Crippen LogP contribution in [-0.4, -0.2) is 87.5 Å².